The van der Waals surface area contributed by atoms with Gasteiger partial charge in [0.05, 0.1) is 10.0 Å². The Morgan fingerprint density at radius 3 is 2.51 bits per heavy atom. The van der Waals surface area contributed by atoms with Crippen LogP contribution < -0.4 is 15.4 Å². The Hall–Kier alpha value is -4.44. The number of imide groups is 1. The second-order valence-corrected chi connectivity index (χ2v) is 9.13. The third kappa shape index (κ3) is 6.42. The van der Waals surface area contributed by atoms with Gasteiger partial charge in [-0.25, -0.2) is 14.5 Å². The van der Waals surface area contributed by atoms with E-state index < -0.39 is 30.4 Å². The number of aromatic carboxylic acids is 1. The van der Waals surface area contributed by atoms with Gasteiger partial charge in [-0.1, -0.05) is 30.3 Å². The SMILES string of the molecule is Cc1cccc(NC(=O)CN2C(=O)N/C(=C/c3ccc(OCc4ccc(C(=O)O)cc4)c(Br)c3)C2=O)c1. The van der Waals surface area contributed by atoms with Crippen LogP contribution in [0.5, 0.6) is 5.75 Å². The van der Waals surface area contributed by atoms with Gasteiger partial charge in [0.2, 0.25) is 5.91 Å². The van der Waals surface area contributed by atoms with Crippen LogP contribution in [0.2, 0.25) is 0 Å². The van der Waals surface area contributed by atoms with Crippen molar-refractivity contribution in [3.05, 3.63) is 99.2 Å². The van der Waals surface area contributed by atoms with Crippen molar-refractivity contribution in [2.24, 2.45) is 0 Å². The summed E-state index contributed by atoms with van der Waals surface area (Å²) in [6.45, 7) is 1.70. The summed E-state index contributed by atoms with van der Waals surface area (Å²) in [5.74, 6) is -1.55. The lowest BCUT2D eigenvalue weighted by Gasteiger charge is -2.12. The lowest BCUT2D eigenvalue weighted by molar-refractivity contribution is -0.127. The van der Waals surface area contributed by atoms with Crippen molar-refractivity contribution in [3.8, 4) is 5.75 Å². The molecule has 0 radical (unpaired) electrons. The summed E-state index contributed by atoms with van der Waals surface area (Å²) >= 11 is 3.44. The molecule has 1 saturated heterocycles. The van der Waals surface area contributed by atoms with Crippen molar-refractivity contribution >= 4 is 51.5 Å². The quantitative estimate of drug-likeness (QED) is 0.272. The normalized spacial score (nSPS) is 14.0. The zero-order valence-corrected chi connectivity index (χ0v) is 21.2. The number of nitrogens with zero attached hydrogens (tertiary/aromatic N) is 1. The molecular weight excluding hydrogens is 542 g/mol. The van der Waals surface area contributed by atoms with Gasteiger partial charge in [-0.05, 0) is 82.0 Å². The zero-order valence-electron chi connectivity index (χ0n) is 19.7. The molecule has 0 spiro atoms. The summed E-state index contributed by atoms with van der Waals surface area (Å²) in [6.07, 6.45) is 1.51. The molecule has 37 heavy (non-hydrogen) atoms. The minimum absolute atomic E-state index is 0.0486. The lowest BCUT2D eigenvalue weighted by Crippen LogP contribution is -2.38. The summed E-state index contributed by atoms with van der Waals surface area (Å²) in [5.41, 5.74) is 3.22. The highest BCUT2D eigenvalue weighted by atomic mass is 79.9. The van der Waals surface area contributed by atoms with Gasteiger partial charge >= 0.3 is 12.0 Å². The summed E-state index contributed by atoms with van der Waals surface area (Å²) in [6, 6.07) is 18.0. The van der Waals surface area contributed by atoms with Crippen molar-refractivity contribution in [2.45, 2.75) is 13.5 Å². The zero-order chi connectivity index (χ0) is 26.5. The van der Waals surface area contributed by atoms with E-state index in [1.807, 2.05) is 13.0 Å². The Bertz CT molecular complexity index is 1420. The molecule has 1 aliphatic heterocycles. The van der Waals surface area contributed by atoms with Crippen LogP contribution in [0.1, 0.15) is 27.0 Å². The first-order chi connectivity index (χ1) is 17.7. The van der Waals surface area contributed by atoms with Crippen LogP contribution in [0.4, 0.5) is 10.5 Å². The van der Waals surface area contributed by atoms with E-state index in [2.05, 4.69) is 26.6 Å². The molecule has 1 heterocycles. The van der Waals surface area contributed by atoms with E-state index >= 15 is 0 Å². The predicted molar refractivity (Wildman–Crippen MR) is 140 cm³/mol. The standard InChI is InChI=1S/C27H22BrN3O6/c1-16-3-2-4-20(11-16)29-24(32)14-31-25(33)22(30-27(31)36)13-18-7-10-23(21(28)12-18)37-15-17-5-8-19(9-6-17)26(34)35/h2-13H,14-15H2,1H3,(H,29,32)(H,30,36)(H,34,35)/b22-13+. The molecule has 0 unspecified atom stereocenters. The lowest BCUT2D eigenvalue weighted by atomic mass is 10.1. The van der Waals surface area contributed by atoms with Crippen LogP contribution in [-0.2, 0) is 16.2 Å². The van der Waals surface area contributed by atoms with Gasteiger partial charge in [0.15, 0.2) is 0 Å². The van der Waals surface area contributed by atoms with Gasteiger partial charge in [-0.2, -0.15) is 0 Å². The van der Waals surface area contributed by atoms with Crippen LogP contribution in [0.3, 0.4) is 0 Å². The van der Waals surface area contributed by atoms with Crippen LogP contribution in [0, 0.1) is 6.92 Å². The second-order valence-electron chi connectivity index (χ2n) is 8.28. The number of hydrogen-bond donors (Lipinski definition) is 3. The number of anilines is 1. The number of hydrogen-bond acceptors (Lipinski definition) is 5. The molecule has 0 aliphatic carbocycles. The van der Waals surface area contributed by atoms with Crippen molar-refractivity contribution in [3.63, 3.8) is 0 Å². The fourth-order valence-electron chi connectivity index (χ4n) is 3.58. The number of carbonyl (C=O) groups is 4. The number of nitrogens with one attached hydrogen (secondary N) is 2. The van der Waals surface area contributed by atoms with Gasteiger partial charge < -0.3 is 20.5 Å². The number of carboxylic acids is 1. The molecule has 0 bridgehead atoms. The maximum Gasteiger partial charge on any atom is 0.335 e. The molecule has 3 aromatic rings. The number of rotatable bonds is 8. The number of benzene rings is 3. The van der Waals surface area contributed by atoms with Crippen molar-refractivity contribution in [2.75, 3.05) is 11.9 Å². The van der Waals surface area contributed by atoms with Gasteiger partial charge in [0, 0.05) is 5.69 Å². The molecule has 10 heteroatoms. The fourth-order valence-corrected chi connectivity index (χ4v) is 4.09. The minimum Gasteiger partial charge on any atom is -0.488 e. The molecule has 0 aromatic heterocycles. The van der Waals surface area contributed by atoms with Crippen LogP contribution in [-0.4, -0.2) is 40.4 Å². The number of carbonyl (C=O) groups excluding carboxylic acids is 3. The van der Waals surface area contributed by atoms with Gasteiger partial charge in [0.1, 0.15) is 24.6 Å². The monoisotopic (exact) mass is 563 g/mol. The van der Waals surface area contributed by atoms with Crippen LogP contribution in [0.15, 0.2) is 76.9 Å². The number of amides is 4. The van der Waals surface area contributed by atoms with Gasteiger partial charge in [-0.3, -0.25) is 9.59 Å². The predicted octanol–water partition coefficient (Wildman–Crippen LogP) is 4.57. The summed E-state index contributed by atoms with van der Waals surface area (Å²) in [5, 5.41) is 14.2. The van der Waals surface area contributed by atoms with Crippen molar-refractivity contribution < 1.29 is 29.0 Å². The number of urea groups is 1. The van der Waals surface area contributed by atoms with Gasteiger partial charge in [0.25, 0.3) is 5.91 Å². The van der Waals surface area contributed by atoms with E-state index in [1.165, 1.54) is 18.2 Å². The van der Waals surface area contributed by atoms with E-state index in [-0.39, 0.29) is 17.9 Å². The molecule has 0 saturated carbocycles. The Balaban J connectivity index is 1.38. The molecule has 3 N–H and O–H groups in total. The highest BCUT2D eigenvalue weighted by molar-refractivity contribution is 9.10. The Morgan fingerprint density at radius 1 is 1.08 bits per heavy atom. The van der Waals surface area contributed by atoms with E-state index in [0.717, 1.165) is 16.0 Å². The smallest absolute Gasteiger partial charge is 0.335 e. The first-order valence-electron chi connectivity index (χ1n) is 11.2. The Labute approximate surface area is 220 Å². The summed E-state index contributed by atoms with van der Waals surface area (Å²) in [7, 11) is 0. The van der Waals surface area contributed by atoms with E-state index in [1.54, 1.807) is 48.5 Å². The Morgan fingerprint density at radius 2 is 1.84 bits per heavy atom. The molecule has 3 aromatic carbocycles. The average molecular weight is 564 g/mol. The maximum absolute atomic E-state index is 12.8. The molecular formula is C27H22BrN3O6. The van der Waals surface area contributed by atoms with Crippen LogP contribution in [0.25, 0.3) is 6.08 Å². The fraction of sp³-hybridized carbons (Fsp3) is 0.111. The van der Waals surface area contributed by atoms with E-state index in [4.69, 9.17) is 9.84 Å². The first kappa shape index (κ1) is 25.6. The molecule has 4 amide bonds. The van der Waals surface area contributed by atoms with Crippen LogP contribution >= 0.6 is 15.9 Å². The Kier molecular flexibility index (Phi) is 7.69. The van der Waals surface area contributed by atoms with Crippen molar-refractivity contribution in [1.29, 1.82) is 0 Å². The number of carboxylic acid groups (broad SMARTS) is 1. The number of halogens is 1. The maximum atomic E-state index is 12.8. The first-order valence-corrected chi connectivity index (χ1v) is 11.9. The molecule has 1 aliphatic rings. The molecule has 0 atom stereocenters. The second kappa shape index (κ2) is 11.1. The number of aryl methyl sites for hydroxylation is 1. The summed E-state index contributed by atoms with van der Waals surface area (Å²) in [4.78, 5) is 49.3. The molecule has 188 valence electrons. The molecule has 1 fully saturated rings. The third-order valence-electron chi connectivity index (χ3n) is 5.43. The summed E-state index contributed by atoms with van der Waals surface area (Å²) < 4.78 is 6.42. The van der Waals surface area contributed by atoms with E-state index in [0.29, 0.717) is 21.5 Å². The van der Waals surface area contributed by atoms with Crippen molar-refractivity contribution in [1.82, 2.24) is 10.2 Å². The molecule has 9 nitrogen and oxygen atoms in total. The molecule has 4 rings (SSSR count). The average Bonchev–Trinajstić information content (AvgIpc) is 3.11. The largest absolute Gasteiger partial charge is 0.488 e. The van der Waals surface area contributed by atoms with Gasteiger partial charge in [-0.15, -0.1) is 0 Å². The highest BCUT2D eigenvalue weighted by Crippen LogP contribution is 2.28. The minimum atomic E-state index is -0.995. The number of ether oxygens (including phenoxy) is 1. The highest BCUT2D eigenvalue weighted by Gasteiger charge is 2.35. The van der Waals surface area contributed by atoms with E-state index in [9.17, 15) is 19.2 Å². The third-order valence-corrected chi connectivity index (χ3v) is 6.05. The topological polar surface area (TPSA) is 125 Å².